The molecule has 0 spiro atoms. The summed E-state index contributed by atoms with van der Waals surface area (Å²) in [5.41, 5.74) is -0.787. The van der Waals surface area contributed by atoms with Crippen LogP contribution in [-0.2, 0) is 5.60 Å². The topological polar surface area (TPSA) is 23.5 Å². The molecule has 0 radical (unpaired) electrons. The third-order valence-corrected chi connectivity index (χ3v) is 3.69. The van der Waals surface area contributed by atoms with Crippen molar-refractivity contribution in [2.24, 2.45) is 5.92 Å². The fraction of sp³-hybridized carbons (Fsp3) is 0.571. The Morgan fingerprint density at radius 3 is 2.89 bits per heavy atom. The Labute approximate surface area is 112 Å². The molecule has 4 heteroatoms. The minimum atomic E-state index is -1.11. The number of rotatable bonds is 3. The van der Waals surface area contributed by atoms with Gasteiger partial charge in [0.2, 0.25) is 0 Å². The van der Waals surface area contributed by atoms with E-state index in [1.54, 1.807) is 12.1 Å². The van der Waals surface area contributed by atoms with Gasteiger partial charge in [0.1, 0.15) is 11.4 Å². The van der Waals surface area contributed by atoms with Crippen LogP contribution in [0.3, 0.4) is 0 Å². The van der Waals surface area contributed by atoms with Crippen molar-refractivity contribution in [3.8, 4) is 0 Å². The lowest BCUT2D eigenvalue weighted by molar-refractivity contribution is 0.0414. The number of likely N-dealkylation sites (tertiary alicyclic amines) is 1. The zero-order chi connectivity index (χ0) is 13.3. The molecule has 0 amide bonds. The van der Waals surface area contributed by atoms with E-state index in [1.807, 2.05) is 0 Å². The van der Waals surface area contributed by atoms with Crippen LogP contribution >= 0.6 is 11.6 Å². The van der Waals surface area contributed by atoms with E-state index < -0.39 is 11.4 Å². The molecule has 18 heavy (non-hydrogen) atoms. The quantitative estimate of drug-likeness (QED) is 0.913. The van der Waals surface area contributed by atoms with Crippen LogP contribution in [0.5, 0.6) is 0 Å². The van der Waals surface area contributed by atoms with Crippen molar-refractivity contribution in [3.05, 3.63) is 34.6 Å². The van der Waals surface area contributed by atoms with Crippen LogP contribution in [0.25, 0.3) is 0 Å². The second-order valence-electron chi connectivity index (χ2n) is 5.51. The highest BCUT2D eigenvalue weighted by Crippen LogP contribution is 2.35. The van der Waals surface area contributed by atoms with Gasteiger partial charge in [-0.25, -0.2) is 4.39 Å². The largest absolute Gasteiger partial charge is 0.384 e. The highest BCUT2D eigenvalue weighted by atomic mass is 35.5. The average Bonchev–Trinajstić information content (AvgIpc) is 2.64. The molecule has 0 bridgehead atoms. The van der Waals surface area contributed by atoms with Gasteiger partial charge in [0.05, 0.1) is 5.02 Å². The van der Waals surface area contributed by atoms with E-state index in [1.165, 1.54) is 6.07 Å². The average molecular weight is 272 g/mol. The summed E-state index contributed by atoms with van der Waals surface area (Å²) in [4.78, 5) is 2.17. The fourth-order valence-corrected chi connectivity index (χ4v) is 2.80. The van der Waals surface area contributed by atoms with Crippen molar-refractivity contribution in [1.82, 2.24) is 4.90 Å². The van der Waals surface area contributed by atoms with Gasteiger partial charge in [-0.2, -0.15) is 0 Å². The molecule has 1 aliphatic heterocycles. The van der Waals surface area contributed by atoms with Gasteiger partial charge in [-0.3, -0.25) is 4.90 Å². The summed E-state index contributed by atoms with van der Waals surface area (Å²) in [5.74, 6) is 0.0459. The van der Waals surface area contributed by atoms with E-state index in [-0.39, 0.29) is 5.02 Å². The van der Waals surface area contributed by atoms with Crippen molar-refractivity contribution in [2.45, 2.75) is 25.9 Å². The fourth-order valence-electron chi connectivity index (χ4n) is 2.63. The summed E-state index contributed by atoms with van der Waals surface area (Å²) in [6, 6.07) is 4.81. The Balaban J connectivity index is 2.20. The SMILES string of the molecule is CC(C)CN1CCC(O)(c2cccc(Cl)c2F)C1. The van der Waals surface area contributed by atoms with E-state index in [2.05, 4.69) is 18.7 Å². The molecule has 1 aliphatic rings. The Morgan fingerprint density at radius 1 is 1.50 bits per heavy atom. The molecule has 1 fully saturated rings. The first-order valence-corrected chi connectivity index (χ1v) is 6.69. The highest BCUT2D eigenvalue weighted by molar-refractivity contribution is 6.30. The summed E-state index contributed by atoms with van der Waals surface area (Å²) in [6.07, 6.45) is 0.553. The Bertz CT molecular complexity index is 438. The summed E-state index contributed by atoms with van der Waals surface area (Å²) in [7, 11) is 0. The van der Waals surface area contributed by atoms with Crippen molar-refractivity contribution >= 4 is 11.6 Å². The van der Waals surface area contributed by atoms with Gasteiger partial charge >= 0.3 is 0 Å². The lowest BCUT2D eigenvalue weighted by Gasteiger charge is -2.25. The molecule has 1 N–H and O–H groups in total. The maximum atomic E-state index is 14.0. The smallest absolute Gasteiger partial charge is 0.147 e. The highest BCUT2D eigenvalue weighted by Gasteiger charge is 2.39. The van der Waals surface area contributed by atoms with Crippen molar-refractivity contribution in [2.75, 3.05) is 19.6 Å². The van der Waals surface area contributed by atoms with Gasteiger partial charge in [-0.05, 0) is 18.4 Å². The van der Waals surface area contributed by atoms with Gasteiger partial charge in [-0.15, -0.1) is 0 Å². The third-order valence-electron chi connectivity index (χ3n) is 3.40. The zero-order valence-corrected chi connectivity index (χ0v) is 11.5. The standard InChI is InChI=1S/C14H19ClFNO/c1-10(2)8-17-7-6-14(18,9-17)11-4-3-5-12(15)13(11)16/h3-5,10,18H,6-9H2,1-2H3. The molecule has 1 heterocycles. The molecular formula is C14H19ClFNO. The maximum absolute atomic E-state index is 14.0. The number of aliphatic hydroxyl groups is 1. The first-order chi connectivity index (χ1) is 8.42. The maximum Gasteiger partial charge on any atom is 0.147 e. The molecule has 2 rings (SSSR count). The minimum Gasteiger partial charge on any atom is -0.384 e. The zero-order valence-electron chi connectivity index (χ0n) is 10.8. The normalized spacial score (nSPS) is 25.0. The van der Waals surface area contributed by atoms with Crippen molar-refractivity contribution < 1.29 is 9.50 Å². The van der Waals surface area contributed by atoms with Crippen LogP contribution in [0, 0.1) is 11.7 Å². The number of hydrogen-bond acceptors (Lipinski definition) is 2. The molecule has 1 aromatic carbocycles. The summed E-state index contributed by atoms with van der Waals surface area (Å²) >= 11 is 5.78. The van der Waals surface area contributed by atoms with Crippen LogP contribution in [0.15, 0.2) is 18.2 Å². The first kappa shape index (κ1) is 13.8. The number of benzene rings is 1. The van der Waals surface area contributed by atoms with E-state index in [9.17, 15) is 9.50 Å². The molecule has 1 saturated heterocycles. The van der Waals surface area contributed by atoms with Crippen LogP contribution < -0.4 is 0 Å². The second kappa shape index (κ2) is 5.16. The summed E-state index contributed by atoms with van der Waals surface area (Å²) in [5, 5.41) is 10.7. The van der Waals surface area contributed by atoms with Crippen molar-refractivity contribution in [1.29, 1.82) is 0 Å². The van der Waals surface area contributed by atoms with Crippen molar-refractivity contribution in [3.63, 3.8) is 0 Å². The predicted octanol–water partition coefficient (Wildman–Crippen LogP) is 3.03. The summed E-state index contributed by atoms with van der Waals surface area (Å²) < 4.78 is 14.0. The molecule has 2 nitrogen and oxygen atoms in total. The van der Waals surface area contributed by atoms with Gasteiger partial charge in [-0.1, -0.05) is 37.6 Å². The molecule has 0 aliphatic carbocycles. The third kappa shape index (κ3) is 2.68. The Hall–Kier alpha value is -0.640. The predicted molar refractivity (Wildman–Crippen MR) is 71.2 cm³/mol. The first-order valence-electron chi connectivity index (χ1n) is 6.31. The second-order valence-corrected chi connectivity index (χ2v) is 5.92. The van der Waals surface area contributed by atoms with Crippen LogP contribution in [0.2, 0.25) is 5.02 Å². The van der Waals surface area contributed by atoms with Gasteiger partial charge in [0.15, 0.2) is 0 Å². The van der Waals surface area contributed by atoms with E-state index >= 15 is 0 Å². The van der Waals surface area contributed by atoms with Gasteiger partial charge < -0.3 is 5.11 Å². The number of hydrogen-bond donors (Lipinski definition) is 1. The number of nitrogens with zero attached hydrogens (tertiary/aromatic N) is 1. The Morgan fingerprint density at radius 2 is 2.22 bits per heavy atom. The van der Waals surface area contributed by atoms with E-state index in [0.717, 1.165) is 13.1 Å². The van der Waals surface area contributed by atoms with Crippen LogP contribution in [-0.4, -0.2) is 29.6 Å². The lowest BCUT2D eigenvalue weighted by Crippen LogP contribution is -2.33. The molecule has 0 saturated carbocycles. The molecular weight excluding hydrogens is 253 g/mol. The molecule has 0 aromatic heterocycles. The van der Waals surface area contributed by atoms with Gasteiger partial charge in [0.25, 0.3) is 0 Å². The molecule has 1 atom stereocenters. The van der Waals surface area contributed by atoms with E-state index in [4.69, 9.17) is 11.6 Å². The number of β-amino-alcohol motifs (C(OH)–C–C–N with tert-alkyl or cyclic N) is 1. The minimum absolute atomic E-state index is 0.0724. The van der Waals surface area contributed by atoms with Gasteiger partial charge in [0, 0.05) is 25.2 Å². The molecule has 1 unspecified atom stereocenters. The van der Waals surface area contributed by atoms with Crippen LogP contribution in [0.1, 0.15) is 25.8 Å². The number of halogens is 2. The molecule has 1 aromatic rings. The van der Waals surface area contributed by atoms with Crippen LogP contribution in [0.4, 0.5) is 4.39 Å². The van der Waals surface area contributed by atoms with E-state index in [0.29, 0.717) is 24.4 Å². The monoisotopic (exact) mass is 271 g/mol. The lowest BCUT2D eigenvalue weighted by atomic mass is 9.92. The Kier molecular flexibility index (Phi) is 3.95. The molecule has 100 valence electrons. The summed E-state index contributed by atoms with van der Waals surface area (Å²) in [6.45, 7) is 6.46.